The summed E-state index contributed by atoms with van der Waals surface area (Å²) in [5.41, 5.74) is 2.82. The minimum absolute atomic E-state index is 0.0896. The number of imide groups is 1. The number of carbonyl (C=O) groups excluding carboxylic acids is 5. The maximum atomic E-state index is 14.2. The van der Waals surface area contributed by atoms with Crippen LogP contribution < -0.4 is 0 Å². The number of nitrogens with zero attached hydrogens (tertiary/aromatic N) is 1. The van der Waals surface area contributed by atoms with E-state index in [1.807, 2.05) is 91.0 Å². The number of hydrogen-bond acceptors (Lipinski definition) is 15. The summed E-state index contributed by atoms with van der Waals surface area (Å²) in [5, 5.41) is 0. The quantitative estimate of drug-likeness (QED) is 0.0744. The third kappa shape index (κ3) is 11.1. The van der Waals surface area contributed by atoms with Gasteiger partial charge in [0.1, 0.15) is 43.2 Å². The number of benzene rings is 4. The van der Waals surface area contributed by atoms with Crippen molar-refractivity contribution >= 4 is 29.7 Å². The van der Waals surface area contributed by atoms with Gasteiger partial charge in [0.25, 0.3) is 11.8 Å². The van der Waals surface area contributed by atoms with Crippen molar-refractivity contribution in [1.29, 1.82) is 0 Å². The SMILES string of the molecule is CO[C@H]1OC(CO[C@@H]2OC(COC(C)=O)[C@H](OC(C)=O)[C@H](OC(C)=O)C2N2C(=O)c3ccccc3C2=O)[C@@H](OCc2ccccc2)[C@H](OCc2ccccc2)C1OCc1ccccc1. The van der Waals surface area contributed by atoms with Gasteiger partial charge in [-0.3, -0.25) is 28.9 Å². The van der Waals surface area contributed by atoms with Crippen LogP contribution in [0.3, 0.4) is 0 Å². The lowest BCUT2D eigenvalue weighted by Gasteiger charge is -2.48. The number of methoxy groups -OCH3 is 1. The molecule has 0 spiro atoms. The number of fused-ring (bicyclic) bond motifs is 1. The monoisotopic (exact) mass is 881 g/mol. The van der Waals surface area contributed by atoms with Crippen LogP contribution in [0.4, 0.5) is 0 Å². The Morgan fingerprint density at radius 3 is 1.42 bits per heavy atom. The minimum atomic E-state index is -1.60. The fourth-order valence-corrected chi connectivity index (χ4v) is 8.03. The van der Waals surface area contributed by atoms with Crippen molar-refractivity contribution < 1.29 is 71.3 Å². The van der Waals surface area contributed by atoms with E-state index in [4.69, 9.17) is 47.4 Å². The van der Waals surface area contributed by atoms with Gasteiger partial charge < -0.3 is 47.4 Å². The van der Waals surface area contributed by atoms with Crippen LogP contribution in [0.1, 0.15) is 58.2 Å². The lowest BCUT2D eigenvalue weighted by atomic mass is 9.94. The van der Waals surface area contributed by atoms with Gasteiger partial charge in [-0.2, -0.15) is 0 Å². The molecule has 3 heterocycles. The Hall–Kier alpha value is -5.85. The highest BCUT2D eigenvalue weighted by Crippen LogP contribution is 2.37. The highest BCUT2D eigenvalue weighted by atomic mass is 16.7. The van der Waals surface area contributed by atoms with Gasteiger partial charge in [0.15, 0.2) is 24.8 Å². The maximum absolute atomic E-state index is 14.2. The number of amides is 2. The van der Waals surface area contributed by atoms with Crippen LogP contribution in [-0.4, -0.2) is 116 Å². The van der Waals surface area contributed by atoms with E-state index in [0.29, 0.717) is 0 Å². The maximum Gasteiger partial charge on any atom is 0.303 e. The first kappa shape index (κ1) is 46.2. The van der Waals surface area contributed by atoms with Crippen molar-refractivity contribution in [2.75, 3.05) is 20.3 Å². The van der Waals surface area contributed by atoms with Crippen LogP contribution in [0.2, 0.25) is 0 Å². The summed E-state index contributed by atoms with van der Waals surface area (Å²) in [6.07, 6.45) is -10.6. The molecule has 4 unspecified atom stereocenters. The Labute approximate surface area is 370 Å². The highest BCUT2D eigenvalue weighted by Gasteiger charge is 2.58. The molecule has 0 radical (unpaired) electrons. The molecule has 0 saturated carbocycles. The van der Waals surface area contributed by atoms with Gasteiger partial charge in [-0.25, -0.2) is 0 Å². The Bertz CT molecular complexity index is 2170. The first-order chi connectivity index (χ1) is 31.0. The van der Waals surface area contributed by atoms with E-state index in [1.165, 1.54) is 26.2 Å². The molecule has 16 nitrogen and oxygen atoms in total. The van der Waals surface area contributed by atoms with Crippen molar-refractivity contribution in [2.45, 2.75) is 102 Å². The molecule has 64 heavy (non-hydrogen) atoms. The molecule has 338 valence electrons. The lowest BCUT2D eigenvalue weighted by Crippen LogP contribution is -2.68. The van der Waals surface area contributed by atoms with Crippen molar-refractivity contribution in [3.05, 3.63) is 143 Å². The van der Waals surface area contributed by atoms with Crippen LogP contribution in [0, 0.1) is 0 Å². The highest BCUT2D eigenvalue weighted by molar-refractivity contribution is 6.21. The first-order valence-electron chi connectivity index (χ1n) is 20.9. The normalized spacial score (nSPS) is 26.5. The zero-order valence-corrected chi connectivity index (χ0v) is 35.8. The summed E-state index contributed by atoms with van der Waals surface area (Å²) < 4.78 is 62.4. The lowest BCUT2D eigenvalue weighted by molar-refractivity contribution is -0.336. The van der Waals surface area contributed by atoms with Crippen molar-refractivity contribution in [3.63, 3.8) is 0 Å². The molecule has 4 aromatic rings. The van der Waals surface area contributed by atoms with Gasteiger partial charge in [-0.15, -0.1) is 0 Å². The number of ether oxygens (including phenoxy) is 10. The second-order valence-corrected chi connectivity index (χ2v) is 15.4. The Morgan fingerprint density at radius 1 is 0.500 bits per heavy atom. The molecule has 16 heteroatoms. The van der Waals surface area contributed by atoms with Gasteiger partial charge in [-0.1, -0.05) is 103 Å². The Morgan fingerprint density at radius 2 is 0.938 bits per heavy atom. The van der Waals surface area contributed by atoms with Gasteiger partial charge >= 0.3 is 17.9 Å². The van der Waals surface area contributed by atoms with Crippen LogP contribution >= 0.6 is 0 Å². The number of esters is 3. The summed E-state index contributed by atoms with van der Waals surface area (Å²) in [5.74, 6) is -3.78. The molecular formula is C48H51NO15. The Kier molecular flexibility index (Phi) is 15.6. The van der Waals surface area contributed by atoms with Crippen LogP contribution in [0.25, 0.3) is 0 Å². The third-order valence-electron chi connectivity index (χ3n) is 10.9. The summed E-state index contributed by atoms with van der Waals surface area (Å²) in [6, 6.07) is 33.3. The van der Waals surface area contributed by atoms with E-state index in [1.54, 1.807) is 12.1 Å². The van der Waals surface area contributed by atoms with E-state index in [2.05, 4.69) is 0 Å². The summed E-state index contributed by atoms with van der Waals surface area (Å²) >= 11 is 0. The predicted molar refractivity (Wildman–Crippen MR) is 224 cm³/mol. The van der Waals surface area contributed by atoms with Crippen LogP contribution in [0.15, 0.2) is 115 Å². The van der Waals surface area contributed by atoms with E-state index < -0.39 is 97.7 Å². The molecule has 7 rings (SSSR count). The molecule has 2 fully saturated rings. The van der Waals surface area contributed by atoms with Gasteiger partial charge in [-0.05, 0) is 28.8 Å². The number of rotatable bonds is 18. The van der Waals surface area contributed by atoms with Gasteiger partial charge in [0.05, 0.1) is 37.6 Å². The minimum Gasteiger partial charge on any atom is -0.463 e. The van der Waals surface area contributed by atoms with Gasteiger partial charge in [0.2, 0.25) is 0 Å². The number of carbonyl (C=O) groups is 5. The molecule has 2 amide bonds. The number of hydrogen-bond donors (Lipinski definition) is 0. The molecule has 0 aromatic heterocycles. The molecule has 2 saturated heterocycles. The van der Waals surface area contributed by atoms with Crippen LogP contribution in [-0.2, 0) is 81.6 Å². The van der Waals surface area contributed by atoms with Crippen molar-refractivity contribution in [2.24, 2.45) is 0 Å². The van der Waals surface area contributed by atoms with E-state index >= 15 is 0 Å². The van der Waals surface area contributed by atoms with E-state index in [-0.39, 0.29) is 37.6 Å². The van der Waals surface area contributed by atoms with Gasteiger partial charge in [0, 0.05) is 27.9 Å². The summed E-state index contributed by atoms with van der Waals surface area (Å²) in [7, 11) is 1.47. The molecule has 4 aromatic carbocycles. The summed E-state index contributed by atoms with van der Waals surface area (Å²) in [6.45, 7) is 3.07. The second-order valence-electron chi connectivity index (χ2n) is 15.4. The van der Waals surface area contributed by atoms with E-state index in [9.17, 15) is 24.0 Å². The molecule has 10 atom stereocenters. The summed E-state index contributed by atoms with van der Waals surface area (Å²) in [4.78, 5) is 66.8. The fourth-order valence-electron chi connectivity index (χ4n) is 8.03. The molecule has 0 N–H and O–H groups in total. The molecule has 3 aliphatic heterocycles. The second kappa shape index (κ2) is 21.7. The average Bonchev–Trinajstić information content (AvgIpc) is 3.55. The first-order valence-corrected chi connectivity index (χ1v) is 20.9. The average molecular weight is 882 g/mol. The predicted octanol–water partition coefficient (Wildman–Crippen LogP) is 4.95. The standard InChI is InChI=1S/C48H51NO15/c1-29(50)56-27-38-41(61-30(2)51)42(62-31(3)52)39(49-45(53)35-22-14-15-23-36(35)46(49)54)47(63-38)60-28-37-40(57-24-32-16-8-5-9-17-32)43(58-25-33-18-10-6-11-19-33)44(48(55-4)64-37)59-26-34-20-12-7-13-21-34/h5-23,37-44,47-48H,24-28H2,1-4H3/t37?,38?,39?,40-,41+,42-,43+,44?,47-,48+/m1/s1. The fraction of sp³-hybridized carbons (Fsp3) is 0.396. The smallest absolute Gasteiger partial charge is 0.303 e. The largest absolute Gasteiger partial charge is 0.463 e. The molecule has 0 aliphatic carbocycles. The molecular weight excluding hydrogens is 831 g/mol. The van der Waals surface area contributed by atoms with Crippen LogP contribution in [0.5, 0.6) is 0 Å². The molecule has 3 aliphatic rings. The zero-order valence-electron chi connectivity index (χ0n) is 35.8. The topological polar surface area (TPSA) is 181 Å². The Balaban J connectivity index is 1.26. The third-order valence-corrected chi connectivity index (χ3v) is 10.9. The van der Waals surface area contributed by atoms with Crippen molar-refractivity contribution in [3.8, 4) is 0 Å². The van der Waals surface area contributed by atoms with E-state index in [0.717, 1.165) is 35.4 Å². The molecule has 0 bridgehead atoms. The van der Waals surface area contributed by atoms with Crippen molar-refractivity contribution in [1.82, 2.24) is 4.90 Å². The zero-order chi connectivity index (χ0) is 45.2.